The third-order valence-electron chi connectivity index (χ3n) is 14.1. The fourth-order valence-corrected chi connectivity index (χ4v) is 12.1. The normalized spacial score (nSPS) is 55.6. The van der Waals surface area contributed by atoms with Crippen LogP contribution in [-0.4, -0.2) is 0 Å². The van der Waals surface area contributed by atoms with Gasteiger partial charge in [-0.2, -0.15) is 0 Å². The maximum Gasteiger partial charge on any atom is -0.0141 e. The maximum atomic E-state index is 2.80. The first-order valence-electron chi connectivity index (χ1n) is 13.9. The van der Waals surface area contributed by atoms with Gasteiger partial charge >= 0.3 is 0 Å². The summed E-state index contributed by atoms with van der Waals surface area (Å²) in [6.45, 7) is 23.9. The molecule has 5 aliphatic rings. The Hall–Kier alpha value is -0.260. The van der Waals surface area contributed by atoms with Crippen LogP contribution in [-0.2, 0) is 0 Å². The summed E-state index contributed by atoms with van der Waals surface area (Å²) < 4.78 is 0. The van der Waals surface area contributed by atoms with Crippen LogP contribution in [0.5, 0.6) is 0 Å². The number of allylic oxidation sites excluding steroid dienone is 2. The van der Waals surface area contributed by atoms with Crippen molar-refractivity contribution in [3.05, 3.63) is 11.1 Å². The molecule has 0 amide bonds. The molecule has 0 aromatic carbocycles. The van der Waals surface area contributed by atoms with Crippen molar-refractivity contribution in [3.63, 3.8) is 0 Å². The van der Waals surface area contributed by atoms with Crippen molar-refractivity contribution in [2.45, 2.75) is 133 Å². The molecule has 0 nitrogen and oxygen atoms in total. The smallest absolute Gasteiger partial charge is 0.0141 e. The van der Waals surface area contributed by atoms with E-state index in [4.69, 9.17) is 0 Å². The molecule has 0 spiro atoms. The van der Waals surface area contributed by atoms with Gasteiger partial charge in [0, 0.05) is 0 Å². The van der Waals surface area contributed by atoms with Gasteiger partial charge in [-0.25, -0.2) is 0 Å². The van der Waals surface area contributed by atoms with Gasteiger partial charge in [0.25, 0.3) is 0 Å². The summed E-state index contributed by atoms with van der Waals surface area (Å²) in [7, 11) is 0. The van der Waals surface area contributed by atoms with Gasteiger partial charge in [-0.05, 0) is 128 Å². The van der Waals surface area contributed by atoms with E-state index in [0.717, 1.165) is 17.8 Å². The van der Waals surface area contributed by atoms with E-state index in [2.05, 4.69) is 62.3 Å². The zero-order chi connectivity index (χ0) is 22.7. The Bertz CT molecular complexity index is 797. The molecule has 5 saturated carbocycles. The van der Waals surface area contributed by atoms with E-state index in [-0.39, 0.29) is 0 Å². The number of fused-ring (bicyclic) bond motifs is 7. The van der Waals surface area contributed by atoms with Crippen LogP contribution in [0.4, 0.5) is 0 Å². The minimum Gasteiger partial charge on any atom is -0.0769 e. The predicted octanol–water partition coefficient (Wildman–Crippen LogP) is 9.59. The molecule has 0 saturated heterocycles. The molecule has 8 atom stereocenters. The van der Waals surface area contributed by atoms with Crippen molar-refractivity contribution in [1.82, 2.24) is 0 Å². The zero-order valence-corrected chi connectivity index (χ0v) is 22.5. The van der Waals surface area contributed by atoms with E-state index < -0.39 is 0 Å². The summed E-state index contributed by atoms with van der Waals surface area (Å²) in [5.74, 6) is 2.73. The van der Waals surface area contributed by atoms with Crippen LogP contribution in [0, 0.1) is 50.2 Å². The van der Waals surface area contributed by atoms with E-state index >= 15 is 0 Å². The lowest BCUT2D eigenvalue weighted by Crippen LogP contribution is -2.69. The van der Waals surface area contributed by atoms with Crippen molar-refractivity contribution in [2.24, 2.45) is 50.2 Å². The highest BCUT2D eigenvalue weighted by molar-refractivity contribution is 5.30. The summed E-state index contributed by atoms with van der Waals surface area (Å²) in [5.41, 5.74) is 6.59. The Balaban J connectivity index is 1.59. The van der Waals surface area contributed by atoms with Gasteiger partial charge in [0.1, 0.15) is 0 Å². The minimum absolute atomic E-state index is 0.485. The molecule has 0 bridgehead atoms. The maximum absolute atomic E-state index is 2.80. The molecule has 176 valence electrons. The SMILES string of the molecule is CC(C)=C1CC[C@@]2(C)[C@H]1CC[C@]1(C)[C@]2(C)CC[C@@H]2[C@@]3(C)CCCC(C)(C)[C@H]3CC[C@]21C. The van der Waals surface area contributed by atoms with E-state index in [1.165, 1.54) is 70.6 Å². The number of hydrogen-bond donors (Lipinski definition) is 0. The number of rotatable bonds is 0. The van der Waals surface area contributed by atoms with E-state index in [1.807, 2.05) is 5.57 Å². The quantitative estimate of drug-likeness (QED) is 0.339. The molecule has 5 fully saturated rings. The lowest BCUT2D eigenvalue weighted by molar-refractivity contribution is -0.275. The van der Waals surface area contributed by atoms with Crippen molar-refractivity contribution >= 4 is 0 Å². The highest BCUT2D eigenvalue weighted by Gasteiger charge is 2.73. The molecule has 0 unspecified atom stereocenters. The topological polar surface area (TPSA) is 0 Å². The lowest BCUT2D eigenvalue weighted by Gasteiger charge is -2.76. The molecular weight excluding hydrogens is 372 g/mol. The van der Waals surface area contributed by atoms with Crippen LogP contribution in [0.1, 0.15) is 133 Å². The first-order valence-corrected chi connectivity index (χ1v) is 13.9. The van der Waals surface area contributed by atoms with Gasteiger partial charge in [0.05, 0.1) is 0 Å². The third-order valence-corrected chi connectivity index (χ3v) is 14.1. The first-order chi connectivity index (χ1) is 14.3. The highest BCUT2D eigenvalue weighted by atomic mass is 14.8. The Morgan fingerprint density at radius 3 is 1.94 bits per heavy atom. The molecular formula is C31H52. The molecule has 0 radical (unpaired) electrons. The van der Waals surface area contributed by atoms with Crippen molar-refractivity contribution in [3.8, 4) is 0 Å². The van der Waals surface area contributed by atoms with Crippen LogP contribution in [0.15, 0.2) is 11.1 Å². The highest BCUT2D eigenvalue weighted by Crippen LogP contribution is 2.81. The van der Waals surface area contributed by atoms with Gasteiger partial charge in [-0.15, -0.1) is 0 Å². The third kappa shape index (κ3) is 2.45. The molecule has 5 aliphatic carbocycles. The van der Waals surface area contributed by atoms with Crippen LogP contribution in [0.3, 0.4) is 0 Å². The lowest BCUT2D eigenvalue weighted by atomic mass is 9.28. The Kier molecular flexibility index (Phi) is 4.68. The fraction of sp³-hybridized carbons (Fsp3) is 0.935. The van der Waals surface area contributed by atoms with Gasteiger partial charge in [0.15, 0.2) is 0 Å². The molecule has 0 N–H and O–H groups in total. The van der Waals surface area contributed by atoms with Crippen molar-refractivity contribution < 1.29 is 0 Å². The second-order valence-corrected chi connectivity index (χ2v) is 15.1. The Morgan fingerprint density at radius 2 is 1.26 bits per heavy atom. The van der Waals surface area contributed by atoms with E-state index in [1.54, 1.807) is 5.57 Å². The summed E-state index contributed by atoms with van der Waals surface area (Å²) in [6, 6.07) is 0. The molecule has 5 rings (SSSR count). The zero-order valence-electron chi connectivity index (χ0n) is 22.5. The van der Waals surface area contributed by atoms with Crippen molar-refractivity contribution in [1.29, 1.82) is 0 Å². The van der Waals surface area contributed by atoms with E-state index in [9.17, 15) is 0 Å². The molecule has 0 heterocycles. The Labute approximate surface area is 194 Å². The molecule has 0 aliphatic heterocycles. The standard InChI is InChI=1S/C31H52/c1-21(2)22-11-17-28(6)23(22)12-19-31(9)29(7)18-13-24-26(3,4)15-10-16-27(24,5)25(29)14-20-30(28,31)8/h23-25H,10-20H2,1-9H3/t23-,24+,25+,27-,28-,29+,30+,31-/m0/s1. The average Bonchev–Trinajstić information content (AvgIpc) is 3.02. The van der Waals surface area contributed by atoms with Gasteiger partial charge in [0.2, 0.25) is 0 Å². The number of hydrogen-bond acceptors (Lipinski definition) is 0. The minimum atomic E-state index is 0.485. The molecule has 0 aromatic rings. The van der Waals surface area contributed by atoms with Gasteiger partial charge < -0.3 is 0 Å². The van der Waals surface area contributed by atoms with Crippen molar-refractivity contribution in [2.75, 3.05) is 0 Å². The second kappa shape index (κ2) is 6.44. The summed E-state index contributed by atoms with van der Waals surface area (Å²) in [5, 5.41) is 0. The van der Waals surface area contributed by atoms with Gasteiger partial charge in [-0.3, -0.25) is 0 Å². The summed E-state index contributed by atoms with van der Waals surface area (Å²) >= 11 is 0. The van der Waals surface area contributed by atoms with E-state index in [0.29, 0.717) is 32.5 Å². The summed E-state index contributed by atoms with van der Waals surface area (Å²) in [6.07, 6.45) is 16.1. The van der Waals surface area contributed by atoms with Crippen LogP contribution >= 0.6 is 0 Å². The average molecular weight is 425 g/mol. The predicted molar refractivity (Wildman–Crippen MR) is 134 cm³/mol. The molecule has 31 heavy (non-hydrogen) atoms. The first kappa shape index (κ1) is 22.5. The monoisotopic (exact) mass is 424 g/mol. The largest absolute Gasteiger partial charge is 0.0769 e. The van der Waals surface area contributed by atoms with Crippen LogP contribution in [0.2, 0.25) is 0 Å². The second-order valence-electron chi connectivity index (χ2n) is 15.1. The molecule has 0 aromatic heterocycles. The van der Waals surface area contributed by atoms with Crippen LogP contribution in [0.25, 0.3) is 0 Å². The fourth-order valence-electron chi connectivity index (χ4n) is 12.1. The molecule has 0 heteroatoms. The Morgan fingerprint density at radius 1 is 0.645 bits per heavy atom. The van der Waals surface area contributed by atoms with Crippen LogP contribution < -0.4 is 0 Å². The summed E-state index contributed by atoms with van der Waals surface area (Å²) in [4.78, 5) is 0. The van der Waals surface area contributed by atoms with Gasteiger partial charge in [-0.1, -0.05) is 66.0 Å².